The smallest absolute Gasteiger partial charge is 0.154 e. The van der Waals surface area contributed by atoms with E-state index < -0.39 is 0 Å². The first-order chi connectivity index (χ1) is 9.36. The van der Waals surface area contributed by atoms with Gasteiger partial charge in [-0.25, -0.2) is 4.68 Å². The predicted molar refractivity (Wildman–Crippen MR) is 67.6 cm³/mol. The van der Waals surface area contributed by atoms with Crippen molar-refractivity contribution in [2.45, 2.75) is 38.8 Å². The molecule has 102 valence electrons. The minimum Gasteiger partial charge on any atom is -0.381 e. The largest absolute Gasteiger partial charge is 0.381 e. The molecule has 1 unspecified atom stereocenters. The Morgan fingerprint density at radius 2 is 2.37 bits per heavy atom. The lowest BCUT2D eigenvalue weighted by Gasteiger charge is -2.04. The topological polar surface area (TPSA) is 70.7 Å². The summed E-state index contributed by atoms with van der Waals surface area (Å²) in [5.41, 5.74) is 1.01. The molecule has 0 saturated carbocycles. The van der Waals surface area contributed by atoms with Crippen molar-refractivity contribution < 1.29 is 4.74 Å². The summed E-state index contributed by atoms with van der Waals surface area (Å²) in [7, 11) is 0. The highest BCUT2D eigenvalue weighted by Gasteiger charge is 2.21. The van der Waals surface area contributed by atoms with E-state index in [4.69, 9.17) is 4.74 Å². The quantitative estimate of drug-likeness (QED) is 0.798. The van der Waals surface area contributed by atoms with Gasteiger partial charge in [-0.1, -0.05) is 12.1 Å². The van der Waals surface area contributed by atoms with Gasteiger partial charge in [-0.2, -0.15) is 0 Å². The molecule has 0 aromatic carbocycles. The summed E-state index contributed by atoms with van der Waals surface area (Å²) >= 11 is 0. The maximum Gasteiger partial charge on any atom is 0.154 e. The fraction of sp³-hybridized carbons (Fsp3) is 0.667. The zero-order chi connectivity index (χ0) is 13.1. The Hall–Kier alpha value is -1.76. The van der Waals surface area contributed by atoms with E-state index in [1.807, 2.05) is 10.9 Å². The second-order valence-corrected chi connectivity index (χ2v) is 4.84. The van der Waals surface area contributed by atoms with Crippen molar-refractivity contribution in [2.75, 3.05) is 13.2 Å². The van der Waals surface area contributed by atoms with Gasteiger partial charge in [0.2, 0.25) is 0 Å². The first kappa shape index (κ1) is 12.3. The van der Waals surface area contributed by atoms with E-state index in [0.29, 0.717) is 12.5 Å². The Morgan fingerprint density at radius 3 is 3.16 bits per heavy atom. The average Bonchev–Trinajstić information content (AvgIpc) is 3.12. The molecule has 3 heterocycles. The van der Waals surface area contributed by atoms with Crippen LogP contribution in [0.15, 0.2) is 12.5 Å². The molecule has 2 aromatic rings. The van der Waals surface area contributed by atoms with Gasteiger partial charge in [0.25, 0.3) is 0 Å². The molecule has 3 rings (SSSR count). The van der Waals surface area contributed by atoms with Crippen LogP contribution in [0.1, 0.15) is 37.2 Å². The van der Waals surface area contributed by atoms with Crippen molar-refractivity contribution in [1.29, 1.82) is 0 Å². The van der Waals surface area contributed by atoms with Crippen LogP contribution in [0.2, 0.25) is 0 Å². The molecule has 0 amide bonds. The van der Waals surface area contributed by atoms with Crippen molar-refractivity contribution in [3.8, 4) is 0 Å². The maximum atomic E-state index is 5.37. The molecule has 0 aliphatic carbocycles. The van der Waals surface area contributed by atoms with Gasteiger partial charge in [0.05, 0.1) is 12.3 Å². The molecular weight excluding hydrogens is 244 g/mol. The first-order valence-electron chi connectivity index (χ1n) is 6.71. The minimum absolute atomic E-state index is 0.391. The monoisotopic (exact) mass is 262 g/mol. The van der Waals surface area contributed by atoms with Gasteiger partial charge in [-0.15, -0.1) is 15.3 Å². The Balaban J connectivity index is 1.70. The van der Waals surface area contributed by atoms with Crippen molar-refractivity contribution in [3.05, 3.63) is 24.0 Å². The van der Waals surface area contributed by atoms with E-state index in [1.54, 1.807) is 6.33 Å². The van der Waals surface area contributed by atoms with Crippen molar-refractivity contribution in [2.24, 2.45) is 0 Å². The molecule has 1 aliphatic heterocycles. The van der Waals surface area contributed by atoms with Crippen LogP contribution in [-0.4, -0.2) is 43.0 Å². The minimum atomic E-state index is 0.391. The summed E-state index contributed by atoms with van der Waals surface area (Å²) in [5.74, 6) is 1.31. The second-order valence-electron chi connectivity index (χ2n) is 4.84. The molecule has 7 heteroatoms. The van der Waals surface area contributed by atoms with E-state index in [9.17, 15) is 0 Å². The first-order valence-corrected chi connectivity index (χ1v) is 6.71. The zero-order valence-corrected chi connectivity index (χ0v) is 11.1. The summed E-state index contributed by atoms with van der Waals surface area (Å²) in [4.78, 5) is 0. The Bertz CT molecular complexity index is 528. The molecule has 7 nitrogen and oxygen atoms in total. The Morgan fingerprint density at radius 1 is 1.42 bits per heavy atom. The third kappa shape index (κ3) is 2.65. The summed E-state index contributed by atoms with van der Waals surface area (Å²) in [6.45, 7) is 5.26. The summed E-state index contributed by atoms with van der Waals surface area (Å²) in [5, 5.41) is 16.5. The second kappa shape index (κ2) is 5.48. The van der Waals surface area contributed by atoms with E-state index >= 15 is 0 Å². The van der Waals surface area contributed by atoms with Crippen LogP contribution in [0.25, 0.3) is 0 Å². The molecule has 0 spiro atoms. The van der Waals surface area contributed by atoms with Crippen LogP contribution in [-0.2, 0) is 17.8 Å². The fourth-order valence-corrected chi connectivity index (χ4v) is 2.32. The van der Waals surface area contributed by atoms with Crippen LogP contribution in [0.4, 0.5) is 0 Å². The van der Waals surface area contributed by atoms with Crippen LogP contribution in [0, 0.1) is 0 Å². The standard InChI is InChI=1S/C12H18N6O/c1-2-4-17-9-13-15-12(17)7-18-6-11(14-16-18)10-3-5-19-8-10/h6,9-10H,2-5,7-8H2,1H3. The Labute approximate surface area is 111 Å². The highest BCUT2D eigenvalue weighted by atomic mass is 16.5. The lowest BCUT2D eigenvalue weighted by Crippen LogP contribution is -2.09. The molecule has 2 aromatic heterocycles. The number of nitrogens with zero attached hydrogens (tertiary/aromatic N) is 6. The number of rotatable bonds is 5. The van der Waals surface area contributed by atoms with E-state index in [1.165, 1.54) is 0 Å². The molecule has 0 bridgehead atoms. The molecular formula is C12H18N6O. The van der Waals surface area contributed by atoms with Gasteiger partial charge in [-0.3, -0.25) is 0 Å². The van der Waals surface area contributed by atoms with Crippen molar-refractivity contribution in [3.63, 3.8) is 0 Å². The van der Waals surface area contributed by atoms with Gasteiger partial charge in [0.1, 0.15) is 12.9 Å². The molecule has 0 radical (unpaired) electrons. The van der Waals surface area contributed by atoms with E-state index in [0.717, 1.165) is 44.1 Å². The fourth-order valence-electron chi connectivity index (χ4n) is 2.32. The van der Waals surface area contributed by atoms with Crippen LogP contribution >= 0.6 is 0 Å². The summed E-state index contributed by atoms with van der Waals surface area (Å²) in [6.07, 6.45) is 5.85. The highest BCUT2D eigenvalue weighted by Crippen LogP contribution is 2.22. The van der Waals surface area contributed by atoms with Crippen LogP contribution < -0.4 is 0 Å². The van der Waals surface area contributed by atoms with Gasteiger partial charge in [0.15, 0.2) is 5.82 Å². The van der Waals surface area contributed by atoms with Gasteiger partial charge in [0, 0.05) is 25.3 Å². The normalized spacial score (nSPS) is 19.1. The number of hydrogen-bond acceptors (Lipinski definition) is 5. The summed E-state index contributed by atoms with van der Waals surface area (Å²) < 4.78 is 9.25. The SMILES string of the molecule is CCCn1cnnc1Cn1cc(C2CCOC2)nn1. The highest BCUT2D eigenvalue weighted by molar-refractivity contribution is 5.04. The summed E-state index contributed by atoms with van der Waals surface area (Å²) in [6, 6.07) is 0. The molecule has 19 heavy (non-hydrogen) atoms. The molecule has 0 N–H and O–H groups in total. The number of ether oxygens (including phenoxy) is 1. The molecule has 1 saturated heterocycles. The predicted octanol–water partition coefficient (Wildman–Crippen LogP) is 0.832. The third-order valence-electron chi connectivity index (χ3n) is 3.37. The molecule has 1 fully saturated rings. The Kier molecular flexibility index (Phi) is 3.54. The third-order valence-corrected chi connectivity index (χ3v) is 3.37. The lowest BCUT2D eigenvalue weighted by molar-refractivity contribution is 0.193. The van der Waals surface area contributed by atoms with Gasteiger partial charge < -0.3 is 9.30 Å². The van der Waals surface area contributed by atoms with E-state index in [2.05, 4.69) is 32.0 Å². The maximum absolute atomic E-state index is 5.37. The number of aryl methyl sites for hydroxylation is 1. The average molecular weight is 262 g/mol. The number of hydrogen-bond donors (Lipinski definition) is 0. The van der Waals surface area contributed by atoms with E-state index in [-0.39, 0.29) is 0 Å². The van der Waals surface area contributed by atoms with Gasteiger partial charge in [-0.05, 0) is 12.8 Å². The van der Waals surface area contributed by atoms with Crippen molar-refractivity contribution >= 4 is 0 Å². The van der Waals surface area contributed by atoms with Gasteiger partial charge >= 0.3 is 0 Å². The lowest BCUT2D eigenvalue weighted by atomic mass is 10.1. The molecule has 1 atom stereocenters. The van der Waals surface area contributed by atoms with Crippen LogP contribution in [0.5, 0.6) is 0 Å². The van der Waals surface area contributed by atoms with Crippen LogP contribution in [0.3, 0.4) is 0 Å². The number of aromatic nitrogens is 6. The zero-order valence-electron chi connectivity index (χ0n) is 11.1. The molecule has 1 aliphatic rings. The van der Waals surface area contributed by atoms with Crippen molar-refractivity contribution in [1.82, 2.24) is 29.8 Å².